The standard InChI is InChI=1S/C23H23FN4O2/c24-19-10-8-17(9-11-19)13-25-23(30)26-14-20-16-27-12-4-7-21(27)22(29)28(20)15-18-5-2-1-3-6-18/h1-12,20H,13-16H2,(H2,25,26,30). The number of hydrogen-bond donors (Lipinski definition) is 2. The molecule has 1 aromatic heterocycles. The van der Waals surface area contributed by atoms with E-state index in [0.717, 1.165) is 11.1 Å². The van der Waals surface area contributed by atoms with Crippen molar-refractivity contribution in [3.05, 3.63) is 95.6 Å². The lowest BCUT2D eigenvalue weighted by molar-refractivity contribution is 0.0574. The van der Waals surface area contributed by atoms with Crippen LogP contribution in [-0.2, 0) is 19.6 Å². The van der Waals surface area contributed by atoms with Gasteiger partial charge in [-0.2, -0.15) is 0 Å². The molecule has 0 bridgehead atoms. The number of rotatable bonds is 6. The van der Waals surface area contributed by atoms with Crippen molar-refractivity contribution in [2.45, 2.75) is 25.7 Å². The molecule has 0 spiro atoms. The summed E-state index contributed by atoms with van der Waals surface area (Å²) < 4.78 is 14.9. The van der Waals surface area contributed by atoms with Gasteiger partial charge in [0.15, 0.2) is 0 Å². The Hall–Kier alpha value is -3.61. The fourth-order valence-electron chi connectivity index (χ4n) is 3.62. The van der Waals surface area contributed by atoms with Gasteiger partial charge in [0, 0.05) is 32.4 Å². The van der Waals surface area contributed by atoms with Crippen LogP contribution in [0.2, 0.25) is 0 Å². The summed E-state index contributed by atoms with van der Waals surface area (Å²) in [6.45, 7) is 1.71. The van der Waals surface area contributed by atoms with E-state index in [-0.39, 0.29) is 23.8 Å². The lowest BCUT2D eigenvalue weighted by Crippen LogP contribution is -2.53. The van der Waals surface area contributed by atoms with Crippen LogP contribution < -0.4 is 10.6 Å². The molecule has 3 aromatic rings. The minimum Gasteiger partial charge on any atom is -0.341 e. The largest absolute Gasteiger partial charge is 0.341 e. The first-order valence-corrected chi connectivity index (χ1v) is 9.86. The van der Waals surface area contributed by atoms with Crippen molar-refractivity contribution in [2.75, 3.05) is 6.54 Å². The molecule has 2 aromatic carbocycles. The third-order valence-corrected chi connectivity index (χ3v) is 5.22. The zero-order valence-electron chi connectivity index (χ0n) is 16.4. The molecule has 0 aliphatic carbocycles. The number of nitrogens with one attached hydrogen (secondary N) is 2. The first kappa shape index (κ1) is 19.7. The summed E-state index contributed by atoms with van der Waals surface area (Å²) in [5, 5.41) is 5.63. The normalized spacial score (nSPS) is 15.6. The minimum atomic E-state index is -0.329. The lowest BCUT2D eigenvalue weighted by Gasteiger charge is -2.37. The first-order chi connectivity index (χ1) is 14.6. The van der Waals surface area contributed by atoms with Crippen LogP contribution in [0.1, 0.15) is 21.6 Å². The van der Waals surface area contributed by atoms with Gasteiger partial charge in [0.05, 0.1) is 6.04 Å². The van der Waals surface area contributed by atoms with Crippen LogP contribution >= 0.6 is 0 Å². The average molecular weight is 406 g/mol. The van der Waals surface area contributed by atoms with Crippen LogP contribution in [0.3, 0.4) is 0 Å². The van der Waals surface area contributed by atoms with Crippen molar-refractivity contribution in [3.63, 3.8) is 0 Å². The molecule has 0 fully saturated rings. The summed E-state index contributed by atoms with van der Waals surface area (Å²) in [4.78, 5) is 27.1. The second-order valence-corrected chi connectivity index (χ2v) is 7.31. The average Bonchev–Trinajstić information content (AvgIpc) is 3.24. The number of hydrogen-bond acceptors (Lipinski definition) is 2. The Morgan fingerprint density at radius 3 is 2.50 bits per heavy atom. The monoisotopic (exact) mass is 406 g/mol. The topological polar surface area (TPSA) is 66.4 Å². The van der Waals surface area contributed by atoms with Gasteiger partial charge in [-0.1, -0.05) is 42.5 Å². The highest BCUT2D eigenvalue weighted by molar-refractivity contribution is 5.93. The van der Waals surface area contributed by atoms with Gasteiger partial charge in [-0.15, -0.1) is 0 Å². The van der Waals surface area contributed by atoms with E-state index in [1.165, 1.54) is 12.1 Å². The Kier molecular flexibility index (Phi) is 5.79. The van der Waals surface area contributed by atoms with Crippen molar-refractivity contribution >= 4 is 11.9 Å². The number of urea groups is 1. The van der Waals surface area contributed by atoms with Gasteiger partial charge >= 0.3 is 6.03 Å². The van der Waals surface area contributed by atoms with Gasteiger partial charge < -0.3 is 20.1 Å². The molecule has 1 aliphatic rings. The maximum Gasteiger partial charge on any atom is 0.315 e. The van der Waals surface area contributed by atoms with Gasteiger partial charge in [-0.3, -0.25) is 4.79 Å². The number of halogens is 1. The summed E-state index contributed by atoms with van der Waals surface area (Å²) in [5.74, 6) is -0.360. The molecule has 0 saturated carbocycles. The molecule has 30 heavy (non-hydrogen) atoms. The molecule has 1 unspecified atom stereocenters. The lowest BCUT2D eigenvalue weighted by atomic mass is 10.1. The molecule has 1 aliphatic heterocycles. The number of carbonyl (C=O) groups excluding carboxylic acids is 2. The van der Waals surface area contributed by atoms with E-state index >= 15 is 0 Å². The van der Waals surface area contributed by atoms with E-state index in [1.54, 1.807) is 12.1 Å². The maximum absolute atomic E-state index is 13.0. The molecule has 4 rings (SSSR count). The van der Waals surface area contributed by atoms with Gasteiger partial charge in [-0.25, -0.2) is 9.18 Å². The molecule has 0 saturated heterocycles. The molecule has 154 valence electrons. The van der Waals surface area contributed by atoms with Crippen molar-refractivity contribution in [1.82, 2.24) is 20.1 Å². The van der Waals surface area contributed by atoms with E-state index < -0.39 is 0 Å². The van der Waals surface area contributed by atoms with Gasteiger partial charge in [0.25, 0.3) is 5.91 Å². The highest BCUT2D eigenvalue weighted by atomic mass is 19.1. The molecule has 2 heterocycles. The maximum atomic E-state index is 13.0. The summed E-state index contributed by atoms with van der Waals surface area (Å²) in [7, 11) is 0. The molecule has 1 atom stereocenters. The summed E-state index contributed by atoms with van der Waals surface area (Å²) in [6, 6.07) is 19.0. The smallest absolute Gasteiger partial charge is 0.315 e. The van der Waals surface area contributed by atoms with E-state index in [2.05, 4.69) is 10.6 Å². The summed E-state index contributed by atoms with van der Waals surface area (Å²) in [6.07, 6.45) is 1.88. The highest BCUT2D eigenvalue weighted by Crippen LogP contribution is 2.20. The van der Waals surface area contributed by atoms with Gasteiger partial charge in [0.2, 0.25) is 0 Å². The van der Waals surface area contributed by atoms with Crippen LogP contribution in [0.25, 0.3) is 0 Å². The molecule has 2 N–H and O–H groups in total. The van der Waals surface area contributed by atoms with Crippen LogP contribution in [0.4, 0.5) is 9.18 Å². The number of carbonyl (C=O) groups is 2. The number of aromatic nitrogens is 1. The number of nitrogens with zero attached hydrogens (tertiary/aromatic N) is 2. The third-order valence-electron chi connectivity index (χ3n) is 5.22. The zero-order valence-corrected chi connectivity index (χ0v) is 16.4. The van der Waals surface area contributed by atoms with E-state index in [0.29, 0.717) is 31.9 Å². The van der Waals surface area contributed by atoms with E-state index in [9.17, 15) is 14.0 Å². The summed E-state index contributed by atoms with van der Waals surface area (Å²) >= 11 is 0. The Morgan fingerprint density at radius 2 is 1.73 bits per heavy atom. The number of benzene rings is 2. The van der Waals surface area contributed by atoms with Gasteiger partial charge in [0.1, 0.15) is 11.5 Å². The molecular formula is C23H23FN4O2. The van der Waals surface area contributed by atoms with Crippen molar-refractivity contribution in [2.24, 2.45) is 0 Å². The fourth-order valence-corrected chi connectivity index (χ4v) is 3.62. The second kappa shape index (κ2) is 8.82. The Labute approximate surface area is 174 Å². The Morgan fingerprint density at radius 1 is 0.967 bits per heavy atom. The van der Waals surface area contributed by atoms with Crippen molar-refractivity contribution in [3.8, 4) is 0 Å². The summed E-state index contributed by atoms with van der Waals surface area (Å²) in [5.41, 5.74) is 2.50. The SMILES string of the molecule is O=C(NCc1ccc(F)cc1)NCC1Cn2cccc2C(=O)N1Cc1ccccc1. The number of fused-ring (bicyclic) bond motifs is 1. The Bertz CT molecular complexity index is 1020. The highest BCUT2D eigenvalue weighted by Gasteiger charge is 2.32. The van der Waals surface area contributed by atoms with Crippen molar-refractivity contribution in [1.29, 1.82) is 0 Å². The quantitative estimate of drug-likeness (QED) is 0.661. The first-order valence-electron chi connectivity index (χ1n) is 9.86. The fraction of sp³-hybridized carbons (Fsp3) is 0.217. The zero-order chi connectivity index (χ0) is 20.9. The van der Waals surface area contributed by atoms with Crippen LogP contribution in [-0.4, -0.2) is 34.0 Å². The molecule has 0 radical (unpaired) electrons. The van der Waals surface area contributed by atoms with Crippen LogP contribution in [0.5, 0.6) is 0 Å². The third kappa shape index (κ3) is 4.51. The Balaban J connectivity index is 1.39. The predicted octanol–water partition coefficient (Wildman–Crippen LogP) is 3.15. The molecule has 3 amide bonds. The molecule has 7 heteroatoms. The second-order valence-electron chi connectivity index (χ2n) is 7.31. The predicted molar refractivity (Wildman–Crippen MR) is 111 cm³/mol. The van der Waals surface area contributed by atoms with Crippen molar-refractivity contribution < 1.29 is 14.0 Å². The van der Waals surface area contributed by atoms with E-state index in [1.807, 2.05) is 58.1 Å². The van der Waals surface area contributed by atoms with Crippen LogP contribution in [0, 0.1) is 5.82 Å². The van der Waals surface area contributed by atoms with Gasteiger partial charge in [-0.05, 0) is 35.4 Å². The minimum absolute atomic E-state index is 0.0476. The molecule has 6 nitrogen and oxygen atoms in total. The molecular weight excluding hydrogens is 383 g/mol. The van der Waals surface area contributed by atoms with E-state index in [4.69, 9.17) is 0 Å². The van der Waals surface area contributed by atoms with Crippen LogP contribution in [0.15, 0.2) is 72.9 Å². The number of amides is 3.